The lowest BCUT2D eigenvalue weighted by Gasteiger charge is -2.40. The molecule has 3 aromatic rings. The summed E-state index contributed by atoms with van der Waals surface area (Å²) in [6.07, 6.45) is 1.48. The summed E-state index contributed by atoms with van der Waals surface area (Å²) in [4.78, 5) is 16.7. The van der Waals surface area contributed by atoms with Crippen LogP contribution < -0.4 is 5.32 Å². The number of carbonyl (C=O) groups excluding carboxylic acids is 1. The summed E-state index contributed by atoms with van der Waals surface area (Å²) in [7, 11) is 0. The second-order valence-corrected chi connectivity index (χ2v) is 7.37. The van der Waals surface area contributed by atoms with Crippen LogP contribution in [0.5, 0.6) is 0 Å². The number of nitrogens with zero attached hydrogens (tertiary/aromatic N) is 2. The van der Waals surface area contributed by atoms with Gasteiger partial charge in [0, 0.05) is 26.2 Å². The maximum atomic E-state index is 12.2. The monoisotopic (exact) mass is 405 g/mol. The molecule has 0 aliphatic carbocycles. The van der Waals surface area contributed by atoms with Gasteiger partial charge in [0.15, 0.2) is 10.9 Å². The fourth-order valence-electron chi connectivity index (χ4n) is 3.71. The number of thiocarbonyl (C=S) groups is 1. The van der Waals surface area contributed by atoms with Gasteiger partial charge in [-0.15, -0.1) is 0 Å². The molecule has 29 heavy (non-hydrogen) atoms. The molecule has 148 valence electrons. The SMILES string of the molecule is O=C(NC(=S)N1CCN(C(c2ccccc2)c2ccccc2)CC1)c1ccco1. The molecule has 1 N–H and O–H groups in total. The van der Waals surface area contributed by atoms with Crippen molar-refractivity contribution in [1.29, 1.82) is 0 Å². The lowest BCUT2D eigenvalue weighted by molar-refractivity contribution is 0.0940. The van der Waals surface area contributed by atoms with E-state index in [9.17, 15) is 4.79 Å². The summed E-state index contributed by atoms with van der Waals surface area (Å²) >= 11 is 5.45. The second-order valence-electron chi connectivity index (χ2n) is 6.98. The van der Waals surface area contributed by atoms with Gasteiger partial charge in [-0.25, -0.2) is 0 Å². The molecule has 0 atom stereocenters. The quantitative estimate of drug-likeness (QED) is 0.671. The van der Waals surface area contributed by atoms with E-state index < -0.39 is 0 Å². The van der Waals surface area contributed by atoms with Crippen LogP contribution in [0.3, 0.4) is 0 Å². The smallest absolute Gasteiger partial charge is 0.293 e. The van der Waals surface area contributed by atoms with Gasteiger partial charge in [-0.05, 0) is 35.5 Å². The van der Waals surface area contributed by atoms with Crippen LogP contribution in [0.25, 0.3) is 0 Å². The summed E-state index contributed by atoms with van der Waals surface area (Å²) in [5.41, 5.74) is 2.56. The number of hydrogen-bond donors (Lipinski definition) is 1. The molecule has 5 nitrogen and oxygen atoms in total. The first kappa shape index (κ1) is 19.4. The van der Waals surface area contributed by atoms with Gasteiger partial charge < -0.3 is 9.32 Å². The highest BCUT2D eigenvalue weighted by atomic mass is 32.1. The molecule has 0 spiro atoms. The van der Waals surface area contributed by atoms with Crippen molar-refractivity contribution in [3.63, 3.8) is 0 Å². The van der Waals surface area contributed by atoms with Crippen LogP contribution in [0.2, 0.25) is 0 Å². The first-order valence-corrected chi connectivity index (χ1v) is 10.1. The number of furan rings is 1. The summed E-state index contributed by atoms with van der Waals surface area (Å²) < 4.78 is 5.13. The van der Waals surface area contributed by atoms with E-state index in [-0.39, 0.29) is 17.7 Å². The Kier molecular flexibility index (Phi) is 6.03. The molecule has 1 aliphatic rings. The average Bonchev–Trinajstić information content (AvgIpc) is 3.31. The van der Waals surface area contributed by atoms with Crippen molar-refractivity contribution in [3.8, 4) is 0 Å². The summed E-state index contributed by atoms with van der Waals surface area (Å²) in [6.45, 7) is 3.22. The van der Waals surface area contributed by atoms with Gasteiger partial charge >= 0.3 is 0 Å². The van der Waals surface area contributed by atoms with E-state index in [1.807, 2.05) is 17.0 Å². The summed E-state index contributed by atoms with van der Waals surface area (Å²) in [5.74, 6) is -0.0481. The number of hydrogen-bond acceptors (Lipinski definition) is 4. The topological polar surface area (TPSA) is 48.7 Å². The molecule has 0 saturated carbocycles. The maximum absolute atomic E-state index is 12.2. The van der Waals surface area contributed by atoms with Crippen molar-refractivity contribution in [2.75, 3.05) is 26.2 Å². The van der Waals surface area contributed by atoms with E-state index in [2.05, 4.69) is 58.7 Å². The Hall–Kier alpha value is -2.96. The predicted octanol–water partition coefficient (Wildman–Crippen LogP) is 3.70. The molecule has 1 fully saturated rings. The lowest BCUT2D eigenvalue weighted by atomic mass is 9.96. The Morgan fingerprint density at radius 1 is 0.862 bits per heavy atom. The van der Waals surface area contributed by atoms with Gasteiger partial charge in [-0.2, -0.15) is 0 Å². The number of rotatable bonds is 4. The molecule has 0 radical (unpaired) electrons. The predicted molar refractivity (Wildman–Crippen MR) is 117 cm³/mol. The van der Waals surface area contributed by atoms with E-state index in [0.717, 1.165) is 26.2 Å². The zero-order valence-corrected chi connectivity index (χ0v) is 16.8. The average molecular weight is 406 g/mol. The standard InChI is InChI=1S/C23H23N3O2S/c27-22(20-12-7-17-28-20)24-23(29)26-15-13-25(14-16-26)21(18-8-3-1-4-9-18)19-10-5-2-6-11-19/h1-12,17,21H,13-16H2,(H,24,27,29). The molecule has 0 bridgehead atoms. The molecule has 0 unspecified atom stereocenters. The molecule has 4 rings (SSSR count). The van der Waals surface area contributed by atoms with E-state index in [1.54, 1.807) is 12.1 Å². The number of benzene rings is 2. The molecule has 1 aliphatic heterocycles. The molecular formula is C23H23N3O2S. The highest BCUT2D eigenvalue weighted by Crippen LogP contribution is 2.29. The molecule has 1 aromatic heterocycles. The first-order chi connectivity index (χ1) is 14.2. The van der Waals surface area contributed by atoms with E-state index >= 15 is 0 Å². The zero-order chi connectivity index (χ0) is 20.1. The van der Waals surface area contributed by atoms with Crippen LogP contribution in [0.4, 0.5) is 0 Å². The van der Waals surface area contributed by atoms with Gasteiger partial charge in [0.2, 0.25) is 0 Å². The molecule has 6 heteroatoms. The number of carbonyl (C=O) groups is 1. The Morgan fingerprint density at radius 3 is 1.97 bits per heavy atom. The normalized spacial score (nSPS) is 14.7. The molecule has 2 heterocycles. The van der Waals surface area contributed by atoms with Crippen LogP contribution in [0.15, 0.2) is 83.5 Å². The van der Waals surface area contributed by atoms with Crippen LogP contribution in [-0.4, -0.2) is 47.0 Å². The Morgan fingerprint density at radius 2 is 1.45 bits per heavy atom. The highest BCUT2D eigenvalue weighted by Gasteiger charge is 2.27. The van der Waals surface area contributed by atoms with E-state index in [0.29, 0.717) is 5.11 Å². The van der Waals surface area contributed by atoms with Crippen molar-refractivity contribution in [2.24, 2.45) is 0 Å². The number of amides is 1. The third kappa shape index (κ3) is 4.55. The number of piperazine rings is 1. The van der Waals surface area contributed by atoms with Crippen molar-refractivity contribution in [2.45, 2.75) is 6.04 Å². The molecule has 2 aromatic carbocycles. The third-order valence-corrected chi connectivity index (χ3v) is 5.52. The van der Waals surface area contributed by atoms with Crippen molar-refractivity contribution >= 4 is 23.2 Å². The Balaban J connectivity index is 1.43. The van der Waals surface area contributed by atoms with E-state index in [1.165, 1.54) is 17.4 Å². The van der Waals surface area contributed by atoms with Crippen LogP contribution in [-0.2, 0) is 0 Å². The largest absolute Gasteiger partial charge is 0.459 e. The minimum atomic E-state index is -0.311. The van der Waals surface area contributed by atoms with Gasteiger partial charge in [0.25, 0.3) is 5.91 Å². The van der Waals surface area contributed by atoms with Crippen LogP contribution in [0.1, 0.15) is 27.7 Å². The number of nitrogens with one attached hydrogen (secondary N) is 1. The minimum absolute atomic E-state index is 0.200. The lowest BCUT2D eigenvalue weighted by Crippen LogP contribution is -2.53. The highest BCUT2D eigenvalue weighted by molar-refractivity contribution is 7.80. The summed E-state index contributed by atoms with van der Waals surface area (Å²) in [5, 5.41) is 3.21. The van der Waals surface area contributed by atoms with Crippen LogP contribution in [0, 0.1) is 0 Å². The van der Waals surface area contributed by atoms with Crippen molar-refractivity contribution in [1.82, 2.24) is 15.1 Å². The zero-order valence-electron chi connectivity index (χ0n) is 16.0. The van der Waals surface area contributed by atoms with Gasteiger partial charge in [0.05, 0.1) is 12.3 Å². The second kappa shape index (κ2) is 9.03. The molecule has 1 amide bonds. The van der Waals surface area contributed by atoms with E-state index in [4.69, 9.17) is 16.6 Å². The minimum Gasteiger partial charge on any atom is -0.459 e. The van der Waals surface area contributed by atoms with Gasteiger partial charge in [-0.3, -0.25) is 15.0 Å². The first-order valence-electron chi connectivity index (χ1n) is 9.70. The van der Waals surface area contributed by atoms with Gasteiger partial charge in [-0.1, -0.05) is 60.7 Å². The van der Waals surface area contributed by atoms with Crippen LogP contribution >= 0.6 is 12.2 Å². The Bertz CT molecular complexity index is 897. The molecule has 1 saturated heterocycles. The summed E-state index contributed by atoms with van der Waals surface area (Å²) in [6, 6.07) is 24.7. The Labute approximate surface area is 175 Å². The third-order valence-electron chi connectivity index (χ3n) is 5.16. The van der Waals surface area contributed by atoms with Gasteiger partial charge in [0.1, 0.15) is 0 Å². The fraction of sp³-hybridized carbons (Fsp3) is 0.217. The van der Waals surface area contributed by atoms with Crippen molar-refractivity contribution in [3.05, 3.63) is 95.9 Å². The fourth-order valence-corrected chi connectivity index (χ4v) is 3.99. The van der Waals surface area contributed by atoms with Crippen molar-refractivity contribution < 1.29 is 9.21 Å². The maximum Gasteiger partial charge on any atom is 0.293 e. The molecular weight excluding hydrogens is 382 g/mol.